The Labute approximate surface area is 106 Å². The number of hydrogen-bond acceptors (Lipinski definition) is 4. The van der Waals surface area contributed by atoms with Crippen LogP contribution in [0.2, 0.25) is 0 Å². The molecule has 0 aromatic heterocycles. The number of carboxylic acid groups (broad SMARTS) is 2. The second-order valence-corrected chi connectivity index (χ2v) is 2.43. The molecule has 0 aromatic carbocycles. The molecule has 0 unspecified atom stereocenters. The first kappa shape index (κ1) is 21.0. The first-order chi connectivity index (χ1) is 8.35. The molecule has 0 aliphatic rings. The minimum Gasteiger partial charge on any atom is -0.478 e. The van der Waals surface area contributed by atoms with Gasteiger partial charge in [0.25, 0.3) is 0 Å². The van der Waals surface area contributed by atoms with Gasteiger partial charge in [-0.2, -0.15) is 0 Å². The fraction of sp³-hybridized carbons (Fsp3) is 0.250. The van der Waals surface area contributed by atoms with Crippen LogP contribution in [0.15, 0.2) is 37.5 Å². The number of hydrogen-bond donors (Lipinski definition) is 2. The lowest BCUT2D eigenvalue weighted by Crippen LogP contribution is -1.91. The molecule has 102 valence electrons. The number of allylic oxidation sites excluding steroid dienone is 1. The monoisotopic (exact) mass is 258 g/mol. The third-order valence-electron chi connectivity index (χ3n) is 1.03. The van der Waals surface area contributed by atoms with Crippen LogP contribution in [-0.4, -0.2) is 35.2 Å². The van der Waals surface area contributed by atoms with Crippen LogP contribution in [0.1, 0.15) is 13.3 Å². The molecular weight excluding hydrogens is 240 g/mol. The second-order valence-electron chi connectivity index (χ2n) is 2.43. The van der Waals surface area contributed by atoms with Crippen molar-refractivity contribution in [2.24, 2.45) is 0 Å². The van der Waals surface area contributed by atoms with Gasteiger partial charge in [-0.3, -0.25) is 0 Å². The zero-order valence-corrected chi connectivity index (χ0v) is 10.5. The molecule has 0 atom stereocenters. The SMILES string of the molecule is C=CC(=O)OC.C=CCC.O=C(O)/C=C\C(=O)O. The molecule has 2 N–H and O–H groups in total. The summed E-state index contributed by atoms with van der Waals surface area (Å²) in [6, 6.07) is 0. The highest BCUT2D eigenvalue weighted by Crippen LogP contribution is 1.70. The quantitative estimate of drug-likeness (QED) is 0.451. The molecule has 0 rings (SSSR count). The Morgan fingerprint density at radius 2 is 1.44 bits per heavy atom. The van der Waals surface area contributed by atoms with Crippen molar-refractivity contribution in [3.63, 3.8) is 0 Å². The van der Waals surface area contributed by atoms with Crippen LogP contribution in [0.25, 0.3) is 0 Å². The third kappa shape index (κ3) is 37.3. The van der Waals surface area contributed by atoms with E-state index in [1.54, 1.807) is 0 Å². The number of rotatable bonds is 4. The van der Waals surface area contributed by atoms with Crippen LogP contribution in [0.4, 0.5) is 0 Å². The highest BCUT2D eigenvalue weighted by molar-refractivity contribution is 5.89. The Kier molecular flexibility index (Phi) is 19.9. The van der Waals surface area contributed by atoms with Crippen molar-refractivity contribution < 1.29 is 29.3 Å². The third-order valence-corrected chi connectivity index (χ3v) is 1.03. The van der Waals surface area contributed by atoms with Crippen molar-refractivity contribution >= 4 is 17.9 Å². The Morgan fingerprint density at radius 3 is 1.50 bits per heavy atom. The van der Waals surface area contributed by atoms with E-state index in [0.717, 1.165) is 12.5 Å². The van der Waals surface area contributed by atoms with Gasteiger partial charge in [0, 0.05) is 18.2 Å². The summed E-state index contributed by atoms with van der Waals surface area (Å²) in [4.78, 5) is 28.9. The molecule has 0 saturated heterocycles. The van der Waals surface area contributed by atoms with Crippen LogP contribution < -0.4 is 0 Å². The maximum atomic E-state index is 9.84. The molecule has 0 amide bonds. The molecule has 0 radical (unpaired) electrons. The number of carbonyl (C=O) groups is 3. The predicted octanol–water partition coefficient (Wildman–Crippen LogP) is 1.64. The van der Waals surface area contributed by atoms with Gasteiger partial charge in [-0.15, -0.1) is 6.58 Å². The Balaban J connectivity index is -0.000000200. The molecule has 0 heterocycles. The first-order valence-corrected chi connectivity index (χ1v) is 4.80. The summed E-state index contributed by atoms with van der Waals surface area (Å²) in [5, 5.41) is 15.6. The number of ether oxygens (including phenoxy) is 1. The molecule has 0 fully saturated rings. The zero-order chi connectivity index (χ0) is 15.0. The smallest absolute Gasteiger partial charge is 0.329 e. The van der Waals surface area contributed by atoms with Gasteiger partial charge >= 0.3 is 17.9 Å². The molecular formula is C12H18O6. The number of carboxylic acids is 2. The Hall–Kier alpha value is -2.37. The van der Waals surface area contributed by atoms with Crippen molar-refractivity contribution in [2.45, 2.75) is 13.3 Å². The van der Waals surface area contributed by atoms with Gasteiger partial charge in [0.05, 0.1) is 7.11 Å². The first-order valence-electron chi connectivity index (χ1n) is 4.80. The zero-order valence-electron chi connectivity index (χ0n) is 10.5. The number of methoxy groups -OCH3 is 1. The number of esters is 1. The van der Waals surface area contributed by atoms with Crippen molar-refractivity contribution in [2.75, 3.05) is 7.11 Å². The summed E-state index contributed by atoms with van der Waals surface area (Å²) in [5.41, 5.74) is 0. The molecule has 6 heteroatoms. The minimum atomic E-state index is -1.26. The van der Waals surface area contributed by atoms with E-state index in [1.807, 2.05) is 6.08 Å². The van der Waals surface area contributed by atoms with E-state index in [9.17, 15) is 14.4 Å². The highest BCUT2D eigenvalue weighted by atomic mass is 16.5. The maximum Gasteiger partial charge on any atom is 0.329 e. The van der Waals surface area contributed by atoms with Gasteiger partial charge in [-0.05, 0) is 6.42 Å². The summed E-state index contributed by atoms with van der Waals surface area (Å²) >= 11 is 0. The van der Waals surface area contributed by atoms with Crippen molar-refractivity contribution in [3.8, 4) is 0 Å². The van der Waals surface area contributed by atoms with Crippen LogP contribution in [0.5, 0.6) is 0 Å². The summed E-state index contributed by atoms with van der Waals surface area (Å²) < 4.78 is 4.14. The molecule has 0 spiro atoms. The molecule has 0 saturated carbocycles. The van der Waals surface area contributed by atoms with Crippen LogP contribution in [0.3, 0.4) is 0 Å². The molecule has 18 heavy (non-hydrogen) atoms. The fourth-order valence-corrected chi connectivity index (χ4v) is 0.226. The van der Waals surface area contributed by atoms with Gasteiger partial charge in [-0.25, -0.2) is 14.4 Å². The van der Waals surface area contributed by atoms with Crippen molar-refractivity contribution in [1.82, 2.24) is 0 Å². The minimum absolute atomic E-state index is 0.394. The van der Waals surface area contributed by atoms with Crippen molar-refractivity contribution in [3.05, 3.63) is 37.5 Å². The normalized spacial score (nSPS) is 7.89. The average molecular weight is 258 g/mol. The largest absolute Gasteiger partial charge is 0.478 e. The van der Waals surface area contributed by atoms with Gasteiger partial charge in [0.15, 0.2) is 0 Å². The van der Waals surface area contributed by atoms with E-state index < -0.39 is 17.9 Å². The van der Waals surface area contributed by atoms with E-state index >= 15 is 0 Å². The molecule has 0 aliphatic heterocycles. The van der Waals surface area contributed by atoms with Gasteiger partial charge in [0.1, 0.15) is 0 Å². The van der Waals surface area contributed by atoms with E-state index in [1.165, 1.54) is 7.11 Å². The van der Waals surface area contributed by atoms with Gasteiger partial charge in [0.2, 0.25) is 0 Å². The van der Waals surface area contributed by atoms with E-state index in [4.69, 9.17) is 10.2 Å². The lowest BCUT2D eigenvalue weighted by atomic mass is 10.5. The maximum absolute atomic E-state index is 9.84. The summed E-state index contributed by atoms with van der Waals surface area (Å²) in [6.45, 7) is 8.70. The summed E-state index contributed by atoms with van der Waals surface area (Å²) in [7, 11) is 1.31. The van der Waals surface area contributed by atoms with E-state index in [2.05, 4.69) is 24.8 Å². The van der Waals surface area contributed by atoms with Crippen LogP contribution >= 0.6 is 0 Å². The van der Waals surface area contributed by atoms with E-state index in [-0.39, 0.29) is 0 Å². The lowest BCUT2D eigenvalue weighted by Gasteiger charge is -1.83. The molecule has 0 bridgehead atoms. The Morgan fingerprint density at radius 1 is 1.11 bits per heavy atom. The summed E-state index contributed by atoms with van der Waals surface area (Å²) in [5.74, 6) is -2.91. The fourth-order valence-electron chi connectivity index (χ4n) is 0.226. The van der Waals surface area contributed by atoms with Gasteiger partial charge in [-0.1, -0.05) is 19.6 Å². The van der Waals surface area contributed by atoms with Crippen LogP contribution in [0, 0.1) is 0 Å². The average Bonchev–Trinajstić information content (AvgIpc) is 2.36. The van der Waals surface area contributed by atoms with Gasteiger partial charge < -0.3 is 14.9 Å². The van der Waals surface area contributed by atoms with Crippen molar-refractivity contribution in [1.29, 1.82) is 0 Å². The molecule has 6 nitrogen and oxygen atoms in total. The lowest BCUT2D eigenvalue weighted by molar-refractivity contribution is -0.135. The predicted molar refractivity (Wildman–Crippen MR) is 67.1 cm³/mol. The standard InChI is InChI=1S/C4H4O4.C4H6O2.C4H8/c5-3(6)1-2-4(7)8;1-3-4(5)6-2;1-3-4-2/h1-2H,(H,5,6)(H,7,8);3H,1H2,2H3;3H,1,4H2,2H3/b2-1-;;. The number of aliphatic carboxylic acids is 2. The Bertz CT molecular complexity index is 288. The molecule has 0 aliphatic carbocycles. The second kappa shape index (κ2) is 17.0. The van der Waals surface area contributed by atoms with E-state index in [0.29, 0.717) is 12.2 Å². The highest BCUT2D eigenvalue weighted by Gasteiger charge is 1.88. The number of carbonyl (C=O) groups excluding carboxylic acids is 1. The molecule has 0 aromatic rings. The van der Waals surface area contributed by atoms with Crippen LogP contribution in [-0.2, 0) is 19.1 Å². The topological polar surface area (TPSA) is 101 Å². The summed E-state index contributed by atoms with van der Waals surface area (Å²) in [6.07, 6.45) is 5.19.